The topological polar surface area (TPSA) is 143 Å². The fraction of sp³-hybridized carbons (Fsp3) is 0.476. The maximum atomic E-state index is 13.3. The van der Waals surface area contributed by atoms with E-state index in [1.807, 2.05) is 13.8 Å². The van der Waals surface area contributed by atoms with Gasteiger partial charge in [-0.25, -0.2) is 17.9 Å². The first-order chi connectivity index (χ1) is 15.3. The van der Waals surface area contributed by atoms with Crippen molar-refractivity contribution in [2.75, 3.05) is 19.5 Å². The van der Waals surface area contributed by atoms with E-state index in [4.69, 9.17) is 19.3 Å². The van der Waals surface area contributed by atoms with E-state index in [1.54, 1.807) is 6.92 Å². The minimum absolute atomic E-state index is 0.00635. The third-order valence-corrected chi connectivity index (χ3v) is 5.59. The smallest absolute Gasteiger partial charge is 0.490 e. The van der Waals surface area contributed by atoms with Crippen LogP contribution in [0.5, 0.6) is 11.6 Å². The molecule has 182 valence electrons. The molecule has 0 radical (unpaired) electrons. The Morgan fingerprint density at radius 2 is 1.82 bits per heavy atom. The van der Waals surface area contributed by atoms with Gasteiger partial charge in [0.1, 0.15) is 22.8 Å². The third-order valence-electron chi connectivity index (χ3n) is 4.47. The van der Waals surface area contributed by atoms with Crippen LogP contribution in [0.2, 0.25) is 0 Å². The van der Waals surface area contributed by atoms with Crippen molar-refractivity contribution in [1.29, 1.82) is 0 Å². The van der Waals surface area contributed by atoms with E-state index in [2.05, 4.69) is 9.84 Å². The number of aryl methyl sites for hydroxylation is 1. The first kappa shape index (κ1) is 26.1. The van der Waals surface area contributed by atoms with E-state index in [0.29, 0.717) is 5.56 Å². The highest BCUT2D eigenvalue weighted by Gasteiger charge is 2.27. The summed E-state index contributed by atoms with van der Waals surface area (Å²) in [6.07, 6.45) is -0.427. The second kappa shape index (κ2) is 10.7. The van der Waals surface area contributed by atoms with Crippen LogP contribution in [0.1, 0.15) is 42.3 Å². The van der Waals surface area contributed by atoms with Gasteiger partial charge in [0.2, 0.25) is 12.2 Å². The van der Waals surface area contributed by atoms with Crippen LogP contribution in [0, 0.1) is 6.92 Å². The number of ketones is 1. The van der Waals surface area contributed by atoms with Crippen LogP contribution in [0.4, 0.5) is 4.79 Å². The maximum Gasteiger partial charge on any atom is 0.508 e. The molecule has 12 heteroatoms. The van der Waals surface area contributed by atoms with Crippen molar-refractivity contribution in [3.63, 3.8) is 0 Å². The second-order valence-corrected chi connectivity index (χ2v) is 9.48. The Balaban J connectivity index is 2.44. The molecule has 2 rings (SSSR count). The number of hydrogen-bond acceptors (Lipinski definition) is 9. The zero-order chi connectivity index (χ0) is 24.9. The highest BCUT2D eigenvalue weighted by molar-refractivity contribution is 7.90. The Hall–Kier alpha value is -3.12. The largest absolute Gasteiger partial charge is 0.508 e. The lowest BCUT2D eigenvalue weighted by atomic mass is 10.00. The number of sulfone groups is 1. The Morgan fingerprint density at radius 1 is 1.15 bits per heavy atom. The minimum Gasteiger partial charge on any atom is -0.490 e. The fourth-order valence-electron chi connectivity index (χ4n) is 3.00. The van der Waals surface area contributed by atoms with Crippen LogP contribution in [-0.4, -0.2) is 67.1 Å². The van der Waals surface area contributed by atoms with E-state index < -0.39 is 28.1 Å². The molecule has 0 aliphatic rings. The Kier molecular flexibility index (Phi) is 8.45. The van der Waals surface area contributed by atoms with Gasteiger partial charge in [0.05, 0.1) is 18.9 Å². The molecule has 0 fully saturated rings. The molecule has 1 unspecified atom stereocenters. The summed E-state index contributed by atoms with van der Waals surface area (Å²) in [7, 11) is -2.12. The van der Waals surface area contributed by atoms with Gasteiger partial charge < -0.3 is 24.1 Å². The maximum absolute atomic E-state index is 13.3. The van der Waals surface area contributed by atoms with Crippen molar-refractivity contribution in [1.82, 2.24) is 9.78 Å². The van der Waals surface area contributed by atoms with Crippen molar-refractivity contribution < 1.29 is 42.1 Å². The Labute approximate surface area is 192 Å². The van der Waals surface area contributed by atoms with Gasteiger partial charge in [0.25, 0.3) is 0 Å². The van der Waals surface area contributed by atoms with Gasteiger partial charge in [-0.15, -0.1) is 0 Å². The molecular weight excluding hydrogens is 456 g/mol. The standard InChI is InChI=1S/C21H28N2O9S/c1-12(2)29-9-10-30-19-13(3)15(7-8-17(19)33(6,27)28)18(24)16-11-22-23(5)20(16)31-14(4)32-21(25)26/h7-8,11-12,14H,9-10H2,1-6H3,(H,25,26). The molecule has 1 aromatic heterocycles. The van der Waals surface area contributed by atoms with E-state index >= 15 is 0 Å². The summed E-state index contributed by atoms with van der Waals surface area (Å²) in [5.74, 6) is -0.459. The van der Waals surface area contributed by atoms with Crippen LogP contribution in [0.3, 0.4) is 0 Å². The predicted octanol–water partition coefficient (Wildman–Crippen LogP) is 2.59. The van der Waals surface area contributed by atoms with Crippen molar-refractivity contribution in [3.8, 4) is 11.6 Å². The number of hydrogen-bond donors (Lipinski definition) is 1. The normalized spacial score (nSPS) is 12.5. The Morgan fingerprint density at radius 3 is 2.39 bits per heavy atom. The monoisotopic (exact) mass is 484 g/mol. The number of aromatic nitrogens is 2. The molecule has 1 atom stereocenters. The molecule has 33 heavy (non-hydrogen) atoms. The minimum atomic E-state index is -3.64. The number of carbonyl (C=O) groups excluding carboxylic acids is 1. The number of carbonyl (C=O) groups is 2. The van der Waals surface area contributed by atoms with Crippen LogP contribution in [-0.2, 0) is 26.4 Å². The number of rotatable bonds is 11. The lowest BCUT2D eigenvalue weighted by molar-refractivity contribution is -0.0448. The summed E-state index contributed by atoms with van der Waals surface area (Å²) >= 11 is 0. The second-order valence-electron chi connectivity index (χ2n) is 7.49. The number of ether oxygens (including phenoxy) is 4. The van der Waals surface area contributed by atoms with Crippen molar-refractivity contribution in [2.24, 2.45) is 7.05 Å². The van der Waals surface area contributed by atoms with Crippen LogP contribution in [0.15, 0.2) is 23.2 Å². The van der Waals surface area contributed by atoms with E-state index in [0.717, 1.165) is 6.26 Å². The van der Waals surface area contributed by atoms with E-state index in [-0.39, 0.29) is 47.0 Å². The molecule has 0 aliphatic carbocycles. The van der Waals surface area contributed by atoms with E-state index in [1.165, 1.54) is 37.0 Å². The van der Waals surface area contributed by atoms with E-state index in [9.17, 15) is 18.0 Å². The highest BCUT2D eigenvalue weighted by atomic mass is 32.2. The predicted molar refractivity (Wildman–Crippen MR) is 117 cm³/mol. The van der Waals surface area contributed by atoms with Crippen LogP contribution in [0.25, 0.3) is 0 Å². The first-order valence-corrected chi connectivity index (χ1v) is 11.9. The quantitative estimate of drug-likeness (QED) is 0.219. The van der Waals surface area contributed by atoms with Gasteiger partial charge >= 0.3 is 6.16 Å². The summed E-state index contributed by atoms with van der Waals surface area (Å²) < 4.78 is 46.9. The fourth-order valence-corrected chi connectivity index (χ4v) is 3.87. The number of nitrogens with zero attached hydrogens (tertiary/aromatic N) is 2. The van der Waals surface area contributed by atoms with Crippen molar-refractivity contribution in [3.05, 3.63) is 35.0 Å². The summed E-state index contributed by atoms with van der Waals surface area (Å²) in [6, 6.07) is 2.70. The molecule has 0 bridgehead atoms. The molecule has 0 saturated heterocycles. The molecule has 2 aromatic rings. The van der Waals surface area contributed by atoms with Gasteiger partial charge in [0, 0.05) is 31.4 Å². The summed E-state index contributed by atoms with van der Waals surface area (Å²) in [5.41, 5.74) is 0.534. The van der Waals surface area contributed by atoms with Gasteiger partial charge in [0.15, 0.2) is 15.6 Å². The molecule has 0 aliphatic heterocycles. The number of benzene rings is 1. The van der Waals surface area contributed by atoms with Crippen molar-refractivity contribution in [2.45, 2.75) is 45.0 Å². The third kappa shape index (κ3) is 6.68. The summed E-state index contributed by atoms with van der Waals surface area (Å²) in [4.78, 5) is 24.0. The van der Waals surface area contributed by atoms with Gasteiger partial charge in [-0.3, -0.25) is 4.79 Å². The highest BCUT2D eigenvalue weighted by Crippen LogP contribution is 2.33. The van der Waals surface area contributed by atoms with Gasteiger partial charge in [-0.05, 0) is 32.9 Å². The van der Waals surface area contributed by atoms with Crippen LogP contribution >= 0.6 is 0 Å². The average molecular weight is 485 g/mol. The van der Waals surface area contributed by atoms with Crippen molar-refractivity contribution >= 4 is 21.8 Å². The molecule has 0 saturated carbocycles. The zero-order valence-corrected chi connectivity index (χ0v) is 20.1. The summed E-state index contributed by atoms with van der Waals surface area (Å²) in [5, 5.41) is 12.8. The average Bonchev–Trinajstić information content (AvgIpc) is 3.04. The first-order valence-electron chi connectivity index (χ1n) is 10.0. The SMILES string of the molecule is Cc1c(C(=O)c2cnn(C)c2OC(C)OC(=O)O)ccc(S(C)(=O)=O)c1OCCOC(C)C. The summed E-state index contributed by atoms with van der Waals surface area (Å²) in [6.45, 7) is 6.98. The molecule has 1 aromatic carbocycles. The van der Waals surface area contributed by atoms with Gasteiger partial charge in [-0.2, -0.15) is 5.10 Å². The van der Waals surface area contributed by atoms with Crippen LogP contribution < -0.4 is 9.47 Å². The number of carboxylic acid groups (broad SMARTS) is 1. The molecule has 1 heterocycles. The lowest BCUT2D eigenvalue weighted by Gasteiger charge is -2.17. The van der Waals surface area contributed by atoms with Gasteiger partial charge in [-0.1, -0.05) is 0 Å². The molecule has 1 N–H and O–H groups in total. The zero-order valence-electron chi connectivity index (χ0n) is 19.3. The molecule has 11 nitrogen and oxygen atoms in total. The molecule has 0 amide bonds. The molecular formula is C21H28N2O9S. The molecule has 0 spiro atoms. The Bertz CT molecular complexity index is 1120. The lowest BCUT2D eigenvalue weighted by Crippen LogP contribution is -2.22.